The molecule has 31 heavy (non-hydrogen) atoms. The van der Waals surface area contributed by atoms with Gasteiger partial charge in [-0.25, -0.2) is 9.97 Å². The van der Waals surface area contributed by atoms with Crippen molar-refractivity contribution in [1.82, 2.24) is 9.97 Å². The number of halogens is 1. The minimum absolute atomic E-state index is 0.210. The van der Waals surface area contributed by atoms with Gasteiger partial charge in [0.05, 0.1) is 34.2 Å². The molecule has 0 spiro atoms. The monoisotopic (exact) mass is 442 g/mol. The van der Waals surface area contributed by atoms with Crippen LogP contribution in [-0.4, -0.2) is 29.3 Å². The Morgan fingerprint density at radius 3 is 2.81 bits per heavy atom. The molecule has 4 N–H and O–H groups in total. The minimum Gasteiger partial charge on any atom is -0.466 e. The predicted molar refractivity (Wildman–Crippen MR) is 118 cm³/mol. The first-order valence-electron chi connectivity index (χ1n) is 10.0. The summed E-state index contributed by atoms with van der Waals surface area (Å²) in [6, 6.07) is 7.45. The van der Waals surface area contributed by atoms with Crippen LogP contribution in [0, 0.1) is 0 Å². The molecular formula is C22H23ClN4O4. The lowest BCUT2D eigenvalue weighted by atomic mass is 10.0. The lowest BCUT2D eigenvalue weighted by Crippen LogP contribution is -2.08. The summed E-state index contributed by atoms with van der Waals surface area (Å²) in [5.74, 6) is 1.78. The van der Waals surface area contributed by atoms with Crippen LogP contribution in [0.2, 0.25) is 5.02 Å². The largest absolute Gasteiger partial charge is 0.466 e. The summed E-state index contributed by atoms with van der Waals surface area (Å²) >= 11 is 6.30. The first-order valence-corrected chi connectivity index (χ1v) is 10.4. The molecule has 162 valence electrons. The third-order valence-corrected chi connectivity index (χ3v) is 5.43. The number of nitrogen functional groups attached to an aromatic ring is 2. The quantitative estimate of drug-likeness (QED) is 0.420. The van der Waals surface area contributed by atoms with Crippen LogP contribution in [0.4, 0.5) is 11.4 Å². The van der Waals surface area contributed by atoms with Crippen LogP contribution in [0.1, 0.15) is 36.8 Å². The zero-order valence-corrected chi connectivity index (χ0v) is 17.9. The third-order valence-electron chi connectivity index (χ3n) is 5.00. The molecule has 0 amide bonds. The maximum absolute atomic E-state index is 11.6. The van der Waals surface area contributed by atoms with Gasteiger partial charge in [0.1, 0.15) is 5.82 Å². The Morgan fingerprint density at radius 2 is 2.00 bits per heavy atom. The van der Waals surface area contributed by atoms with Crippen molar-refractivity contribution in [2.75, 3.05) is 24.9 Å². The maximum atomic E-state index is 11.6. The van der Waals surface area contributed by atoms with Crippen LogP contribution >= 0.6 is 11.6 Å². The molecule has 0 atom stereocenters. The highest BCUT2D eigenvalue weighted by Crippen LogP contribution is 2.37. The fourth-order valence-corrected chi connectivity index (χ4v) is 3.71. The fourth-order valence-electron chi connectivity index (χ4n) is 3.56. The van der Waals surface area contributed by atoms with Gasteiger partial charge in [-0.15, -0.1) is 0 Å². The second-order valence-electron chi connectivity index (χ2n) is 7.20. The second-order valence-corrected chi connectivity index (χ2v) is 7.58. The summed E-state index contributed by atoms with van der Waals surface area (Å²) in [6.07, 6.45) is 1.89. The molecule has 2 heterocycles. The summed E-state index contributed by atoms with van der Waals surface area (Å²) in [5.41, 5.74) is 15.3. The van der Waals surface area contributed by atoms with Crippen molar-refractivity contribution in [3.8, 4) is 11.5 Å². The van der Waals surface area contributed by atoms with Crippen molar-refractivity contribution >= 4 is 39.8 Å². The van der Waals surface area contributed by atoms with Crippen LogP contribution in [0.15, 0.2) is 24.3 Å². The third kappa shape index (κ3) is 4.44. The Hall–Kier alpha value is -3.26. The van der Waals surface area contributed by atoms with Gasteiger partial charge >= 0.3 is 5.97 Å². The Balaban J connectivity index is 1.69. The van der Waals surface area contributed by atoms with E-state index < -0.39 is 0 Å². The molecule has 8 nitrogen and oxygen atoms in total. The average Bonchev–Trinajstić information content (AvgIpc) is 3.20. The van der Waals surface area contributed by atoms with Crippen molar-refractivity contribution < 1.29 is 19.0 Å². The Labute approximate surface area is 184 Å². The van der Waals surface area contributed by atoms with Crippen LogP contribution in [0.3, 0.4) is 0 Å². The predicted octanol–water partition coefficient (Wildman–Crippen LogP) is 3.65. The first kappa shape index (κ1) is 21.0. The van der Waals surface area contributed by atoms with Gasteiger partial charge in [-0.05, 0) is 37.1 Å². The van der Waals surface area contributed by atoms with Crippen molar-refractivity contribution in [3.63, 3.8) is 0 Å². The number of rotatable bonds is 7. The van der Waals surface area contributed by atoms with Crippen LogP contribution in [-0.2, 0) is 22.4 Å². The van der Waals surface area contributed by atoms with Crippen molar-refractivity contribution in [2.24, 2.45) is 0 Å². The van der Waals surface area contributed by atoms with E-state index in [-0.39, 0.29) is 17.8 Å². The highest BCUT2D eigenvalue weighted by atomic mass is 35.5. The number of fused-ring (bicyclic) bond motifs is 2. The number of aromatic nitrogens is 2. The van der Waals surface area contributed by atoms with E-state index in [1.807, 2.05) is 18.2 Å². The number of hydrogen-bond donors (Lipinski definition) is 2. The number of ether oxygens (including phenoxy) is 3. The number of carbonyl (C=O) groups excluding carboxylic acids is 1. The van der Waals surface area contributed by atoms with Gasteiger partial charge in [-0.3, -0.25) is 4.79 Å². The molecule has 1 aliphatic heterocycles. The first-order chi connectivity index (χ1) is 15.0. The normalized spacial score (nSPS) is 12.3. The van der Waals surface area contributed by atoms with E-state index in [0.717, 1.165) is 11.3 Å². The molecule has 2 aromatic carbocycles. The molecule has 0 unspecified atom stereocenters. The Bertz CT molecular complexity index is 1150. The van der Waals surface area contributed by atoms with E-state index in [1.54, 1.807) is 13.0 Å². The lowest BCUT2D eigenvalue weighted by molar-refractivity contribution is -0.143. The summed E-state index contributed by atoms with van der Waals surface area (Å²) in [4.78, 5) is 21.0. The van der Waals surface area contributed by atoms with E-state index in [2.05, 4.69) is 4.98 Å². The molecule has 0 saturated carbocycles. The summed E-state index contributed by atoms with van der Waals surface area (Å²) < 4.78 is 15.9. The van der Waals surface area contributed by atoms with Crippen LogP contribution in [0.5, 0.6) is 11.5 Å². The highest BCUT2D eigenvalue weighted by Gasteiger charge is 2.18. The number of anilines is 2. The summed E-state index contributed by atoms with van der Waals surface area (Å²) in [7, 11) is 0. The highest BCUT2D eigenvalue weighted by molar-refractivity contribution is 6.37. The van der Waals surface area contributed by atoms with Gasteiger partial charge in [0.2, 0.25) is 6.79 Å². The molecule has 9 heteroatoms. The topological polar surface area (TPSA) is 123 Å². The van der Waals surface area contributed by atoms with E-state index in [4.69, 9.17) is 42.3 Å². The van der Waals surface area contributed by atoms with Crippen molar-refractivity contribution in [3.05, 3.63) is 46.4 Å². The molecule has 1 aromatic heterocycles. The molecule has 0 bridgehead atoms. The number of benzene rings is 2. The van der Waals surface area contributed by atoms with Crippen molar-refractivity contribution in [2.45, 2.75) is 32.6 Å². The molecule has 0 fully saturated rings. The van der Waals surface area contributed by atoms with Gasteiger partial charge < -0.3 is 25.7 Å². The molecule has 4 rings (SSSR count). The van der Waals surface area contributed by atoms with Gasteiger partial charge in [0.15, 0.2) is 11.5 Å². The minimum atomic E-state index is -0.232. The Morgan fingerprint density at radius 1 is 1.19 bits per heavy atom. The lowest BCUT2D eigenvalue weighted by Gasteiger charge is -2.13. The number of hydrogen-bond acceptors (Lipinski definition) is 8. The molecule has 3 aromatic rings. The number of nitrogens with two attached hydrogens (primary N) is 2. The number of carbonyl (C=O) groups is 1. The number of nitrogens with zero attached hydrogens (tertiary/aromatic N) is 2. The molecule has 0 radical (unpaired) electrons. The molecule has 0 aliphatic carbocycles. The maximum Gasteiger partial charge on any atom is 0.305 e. The SMILES string of the molecule is CCOC(=O)CCCc1nc(Cc2ccc3c(c2)OCO3)c2c(N)c(Cl)c(N)cc2n1. The van der Waals surface area contributed by atoms with Crippen LogP contribution in [0.25, 0.3) is 10.9 Å². The van der Waals surface area contributed by atoms with Gasteiger partial charge in [-0.2, -0.15) is 0 Å². The van der Waals surface area contributed by atoms with Gasteiger partial charge in [0, 0.05) is 24.6 Å². The van der Waals surface area contributed by atoms with E-state index >= 15 is 0 Å². The number of esters is 1. The van der Waals surface area contributed by atoms with E-state index in [9.17, 15) is 4.79 Å². The fraction of sp³-hybridized carbons (Fsp3) is 0.318. The van der Waals surface area contributed by atoms with Gasteiger partial charge in [-0.1, -0.05) is 17.7 Å². The standard InChI is InChI=1S/C22H23ClN4O4/c1-2-29-19(28)5-3-4-18-26-14(8-12-6-7-16-17(9-12)31-11-30-16)20-15(27-18)10-13(24)21(23)22(20)25/h6-7,9-10H,2-5,8,11,24-25H2,1H3. The zero-order chi connectivity index (χ0) is 22.0. The number of aryl methyl sites for hydroxylation is 1. The molecular weight excluding hydrogens is 420 g/mol. The summed E-state index contributed by atoms with van der Waals surface area (Å²) in [5, 5.41) is 0.962. The average molecular weight is 443 g/mol. The van der Waals surface area contributed by atoms with E-state index in [0.29, 0.717) is 71.9 Å². The van der Waals surface area contributed by atoms with Crippen molar-refractivity contribution in [1.29, 1.82) is 0 Å². The van der Waals surface area contributed by atoms with Crippen LogP contribution < -0.4 is 20.9 Å². The second kappa shape index (κ2) is 8.85. The molecule has 1 aliphatic rings. The summed E-state index contributed by atoms with van der Waals surface area (Å²) in [6.45, 7) is 2.36. The molecule has 0 saturated heterocycles. The van der Waals surface area contributed by atoms with E-state index in [1.165, 1.54) is 0 Å². The zero-order valence-electron chi connectivity index (χ0n) is 17.1. The van der Waals surface area contributed by atoms with Gasteiger partial charge in [0.25, 0.3) is 0 Å². The Kier molecular flexibility index (Phi) is 5.99. The smallest absolute Gasteiger partial charge is 0.305 e.